The van der Waals surface area contributed by atoms with Crippen molar-refractivity contribution in [2.75, 3.05) is 19.2 Å². The maximum atomic E-state index is 11.4. The summed E-state index contributed by atoms with van der Waals surface area (Å²) < 4.78 is 28.4. The number of hydrogen-bond donors (Lipinski definition) is 2. The van der Waals surface area contributed by atoms with Crippen molar-refractivity contribution in [2.24, 2.45) is 0 Å². The van der Waals surface area contributed by atoms with E-state index < -0.39 is 17.3 Å². The van der Waals surface area contributed by atoms with Crippen molar-refractivity contribution in [3.05, 3.63) is 30.0 Å². The fourth-order valence-corrected chi connectivity index (χ4v) is 1.95. The van der Waals surface area contributed by atoms with Crippen molar-refractivity contribution in [3.63, 3.8) is 0 Å². The molecule has 19 heavy (non-hydrogen) atoms. The van der Waals surface area contributed by atoms with Crippen molar-refractivity contribution in [1.29, 1.82) is 0 Å². The monoisotopic (exact) mass is 284 g/mol. The molecular formula is C11H12N2O5S. The Labute approximate surface area is 111 Å². The van der Waals surface area contributed by atoms with Gasteiger partial charge in [-0.3, -0.25) is 4.55 Å². The number of esters is 1. The highest BCUT2D eigenvalue weighted by Gasteiger charge is 2.11. The summed E-state index contributed by atoms with van der Waals surface area (Å²) in [5.41, 5.74) is 1.59. The molecule has 0 aliphatic heterocycles. The fraction of sp³-hybridized carbons (Fsp3) is 0.182. The van der Waals surface area contributed by atoms with E-state index in [-0.39, 0.29) is 0 Å². The Balaban J connectivity index is 2.35. The first-order valence-electron chi connectivity index (χ1n) is 5.25. The van der Waals surface area contributed by atoms with Crippen LogP contribution in [0.25, 0.3) is 10.9 Å². The number of hydrogen-bond acceptors (Lipinski definition) is 5. The zero-order valence-electron chi connectivity index (χ0n) is 10.2. The minimum absolute atomic E-state index is 0.337. The Kier molecular flexibility index (Phi) is 3.84. The van der Waals surface area contributed by atoms with Crippen LogP contribution >= 0.6 is 0 Å². The number of H-pyrrole nitrogens is 1. The number of hydroxylamine groups is 1. The first kappa shape index (κ1) is 13.5. The maximum Gasteiger partial charge on any atom is 0.354 e. The quantitative estimate of drug-likeness (QED) is 0.501. The van der Waals surface area contributed by atoms with Gasteiger partial charge in [0.05, 0.1) is 12.8 Å². The smallest absolute Gasteiger partial charge is 0.354 e. The number of nitrogens with zero attached hydrogens (tertiary/aromatic N) is 1. The summed E-state index contributed by atoms with van der Waals surface area (Å²) in [6, 6.07) is 6.81. The van der Waals surface area contributed by atoms with Gasteiger partial charge in [0.25, 0.3) is 0 Å². The van der Waals surface area contributed by atoms with Gasteiger partial charge in [0.15, 0.2) is 0 Å². The van der Waals surface area contributed by atoms with Gasteiger partial charge < -0.3 is 9.72 Å². The highest BCUT2D eigenvalue weighted by atomic mass is 32.2. The third kappa shape index (κ3) is 2.92. The van der Waals surface area contributed by atoms with E-state index >= 15 is 0 Å². The van der Waals surface area contributed by atoms with Crippen molar-refractivity contribution < 1.29 is 22.6 Å². The molecule has 0 spiro atoms. The summed E-state index contributed by atoms with van der Waals surface area (Å²) in [5.74, 6) is -0.459. The third-order valence-corrected chi connectivity index (χ3v) is 2.90. The van der Waals surface area contributed by atoms with Crippen LogP contribution in [-0.2, 0) is 20.4 Å². The first-order valence-corrected chi connectivity index (χ1v) is 6.28. The van der Waals surface area contributed by atoms with Gasteiger partial charge in [0.1, 0.15) is 5.69 Å². The van der Waals surface area contributed by atoms with Gasteiger partial charge >= 0.3 is 17.3 Å². The molecule has 2 rings (SSSR count). The molecule has 1 heterocycles. The number of benzene rings is 1. The largest absolute Gasteiger partial charge is 0.464 e. The van der Waals surface area contributed by atoms with Gasteiger partial charge in [-0.1, -0.05) is 6.07 Å². The van der Waals surface area contributed by atoms with Crippen molar-refractivity contribution in [1.82, 2.24) is 4.98 Å². The minimum atomic E-state index is -2.39. The van der Waals surface area contributed by atoms with E-state index in [9.17, 15) is 9.00 Å². The summed E-state index contributed by atoms with van der Waals surface area (Å²) in [6.45, 7) is 0. The van der Waals surface area contributed by atoms with Crippen LogP contribution in [0.15, 0.2) is 24.3 Å². The van der Waals surface area contributed by atoms with Crippen molar-refractivity contribution >= 4 is 33.9 Å². The second kappa shape index (κ2) is 5.39. The predicted octanol–water partition coefficient (Wildman–Crippen LogP) is 1.46. The lowest BCUT2D eigenvalue weighted by molar-refractivity contribution is 0.0595. The van der Waals surface area contributed by atoms with Crippen LogP contribution in [0.2, 0.25) is 0 Å². The van der Waals surface area contributed by atoms with E-state index in [1.165, 1.54) is 14.2 Å². The van der Waals surface area contributed by atoms with E-state index in [1.54, 1.807) is 24.3 Å². The molecule has 2 N–H and O–H groups in total. The molecule has 1 aromatic carbocycles. The number of nitrogens with one attached hydrogen (secondary N) is 1. The second-order valence-electron chi connectivity index (χ2n) is 3.74. The van der Waals surface area contributed by atoms with Gasteiger partial charge in [-0.2, -0.15) is 4.21 Å². The van der Waals surface area contributed by atoms with Crippen LogP contribution < -0.4 is 5.06 Å². The molecule has 2 aromatic rings. The Hall–Kier alpha value is -1.90. The SMILES string of the molecule is COC(=O)c1cc2ccc(N(C)OS(=O)O)cc2[nH]1. The molecule has 7 nitrogen and oxygen atoms in total. The lowest BCUT2D eigenvalue weighted by Crippen LogP contribution is -2.18. The average Bonchev–Trinajstić information content (AvgIpc) is 2.79. The molecule has 1 unspecified atom stereocenters. The zero-order valence-corrected chi connectivity index (χ0v) is 11.1. The Bertz CT molecular complexity index is 639. The number of carbonyl (C=O) groups excluding carboxylic acids is 1. The van der Waals surface area contributed by atoms with Crippen LogP contribution in [0.4, 0.5) is 5.69 Å². The Morgan fingerprint density at radius 3 is 2.79 bits per heavy atom. The second-order valence-corrected chi connectivity index (χ2v) is 4.32. The summed E-state index contributed by atoms with van der Waals surface area (Å²) >= 11 is -2.39. The number of aromatic nitrogens is 1. The fourth-order valence-electron chi connectivity index (χ4n) is 1.67. The van der Waals surface area contributed by atoms with Crippen molar-refractivity contribution in [2.45, 2.75) is 0 Å². The number of carbonyl (C=O) groups is 1. The maximum absolute atomic E-state index is 11.4. The first-order chi connectivity index (χ1) is 9.01. The van der Waals surface area contributed by atoms with Gasteiger partial charge in [0, 0.05) is 18.0 Å². The third-order valence-electron chi connectivity index (χ3n) is 2.55. The molecule has 0 radical (unpaired) electrons. The molecule has 0 saturated heterocycles. The molecular weight excluding hydrogens is 272 g/mol. The van der Waals surface area contributed by atoms with Crippen LogP contribution in [0.1, 0.15) is 10.5 Å². The number of methoxy groups -OCH3 is 1. The van der Waals surface area contributed by atoms with Gasteiger partial charge in [-0.05, 0) is 18.2 Å². The van der Waals surface area contributed by atoms with E-state index in [0.717, 1.165) is 10.4 Å². The molecule has 0 saturated carbocycles. The molecule has 1 aromatic heterocycles. The lowest BCUT2D eigenvalue weighted by atomic mass is 10.2. The molecule has 0 aliphatic rings. The molecule has 0 amide bonds. The topological polar surface area (TPSA) is 91.9 Å². The van der Waals surface area contributed by atoms with Gasteiger partial charge in [-0.25, -0.2) is 9.86 Å². The molecule has 8 heteroatoms. The van der Waals surface area contributed by atoms with E-state index in [4.69, 9.17) is 4.55 Å². The number of fused-ring (bicyclic) bond motifs is 1. The average molecular weight is 284 g/mol. The highest BCUT2D eigenvalue weighted by Crippen LogP contribution is 2.22. The number of ether oxygens (including phenoxy) is 1. The molecule has 102 valence electrons. The van der Waals surface area contributed by atoms with Crippen LogP contribution in [0.3, 0.4) is 0 Å². The van der Waals surface area contributed by atoms with Gasteiger partial charge in [0.2, 0.25) is 0 Å². The van der Waals surface area contributed by atoms with Crippen LogP contribution in [-0.4, -0.2) is 33.9 Å². The summed E-state index contributed by atoms with van der Waals surface area (Å²) in [5, 5.41) is 1.98. The zero-order chi connectivity index (χ0) is 14.0. The molecule has 0 bridgehead atoms. The van der Waals surface area contributed by atoms with Gasteiger partial charge in [-0.15, -0.1) is 4.28 Å². The highest BCUT2D eigenvalue weighted by molar-refractivity contribution is 7.74. The minimum Gasteiger partial charge on any atom is -0.464 e. The van der Waals surface area contributed by atoms with E-state index in [0.29, 0.717) is 16.9 Å². The van der Waals surface area contributed by atoms with E-state index in [1.807, 2.05) is 0 Å². The van der Waals surface area contributed by atoms with Crippen LogP contribution in [0.5, 0.6) is 0 Å². The summed E-state index contributed by atoms with van der Waals surface area (Å²) in [4.78, 5) is 14.3. The van der Waals surface area contributed by atoms with E-state index in [2.05, 4.69) is 14.0 Å². The Morgan fingerprint density at radius 1 is 1.42 bits per heavy atom. The number of rotatable bonds is 4. The molecule has 0 aliphatic carbocycles. The summed E-state index contributed by atoms with van der Waals surface area (Å²) in [7, 11) is 2.80. The standard InChI is InChI=1S/C11H12N2O5S/c1-13(18-19(15)16)8-4-3-7-5-10(11(14)17-2)12-9(7)6-8/h3-6,12H,1-2H3,(H,15,16). The lowest BCUT2D eigenvalue weighted by Gasteiger charge is -2.14. The number of anilines is 1. The molecule has 0 fully saturated rings. The van der Waals surface area contributed by atoms with Crippen LogP contribution in [0, 0.1) is 0 Å². The number of aromatic amines is 1. The predicted molar refractivity (Wildman–Crippen MR) is 69.9 cm³/mol. The Morgan fingerprint density at radius 2 is 2.16 bits per heavy atom. The van der Waals surface area contributed by atoms with Crippen molar-refractivity contribution in [3.8, 4) is 0 Å². The summed E-state index contributed by atoms with van der Waals surface area (Å²) in [6.07, 6.45) is 0. The molecule has 1 atom stereocenters. The normalized spacial score (nSPS) is 12.4.